The Morgan fingerprint density at radius 1 is 0.359 bits per heavy atom. The van der Waals surface area contributed by atoms with Gasteiger partial charge in [0.25, 0.3) is 0 Å². The molecule has 0 aliphatic heterocycles. The summed E-state index contributed by atoms with van der Waals surface area (Å²) in [5, 5.41) is 14.3. The van der Waals surface area contributed by atoms with E-state index in [1.54, 1.807) is 0 Å². The zero-order chi connectivity index (χ0) is 42.6. The maximum atomic E-state index is 9.79. The normalized spacial score (nSPS) is 11.4. The van der Waals surface area contributed by atoms with E-state index in [0.29, 0.717) is 5.56 Å². The van der Waals surface area contributed by atoms with Crippen LogP contribution in [0, 0.1) is 11.3 Å². The molecule has 0 amide bonds. The molecule has 0 spiro atoms. The third kappa shape index (κ3) is 6.06. The largest absolute Gasteiger partial charge is 0.307 e. The summed E-state index contributed by atoms with van der Waals surface area (Å²) in [5.74, 6) is 0.793. The van der Waals surface area contributed by atoms with Crippen molar-refractivity contribution in [1.82, 2.24) is 24.1 Å². The third-order valence-electron chi connectivity index (χ3n) is 12.3. The Labute approximate surface area is 369 Å². The summed E-state index contributed by atoms with van der Waals surface area (Å²) in [6.45, 7) is 0. The monoisotopic (exact) mass is 816 g/mol. The average molecular weight is 817 g/mol. The molecule has 0 saturated heterocycles. The number of benzene rings is 7. The fourth-order valence-corrected chi connectivity index (χ4v) is 9.41. The molecule has 0 atom stereocenters. The van der Waals surface area contributed by atoms with Gasteiger partial charge in [0.15, 0.2) is 0 Å². The topological polar surface area (TPSA) is 72.3 Å². The van der Waals surface area contributed by atoms with Gasteiger partial charge in [0.2, 0.25) is 0 Å². The molecule has 12 aromatic rings. The van der Waals surface area contributed by atoms with Gasteiger partial charge >= 0.3 is 0 Å². The molecule has 0 aliphatic carbocycles. The second-order valence-corrected chi connectivity index (χ2v) is 15.9. The first-order valence-corrected chi connectivity index (χ1v) is 21.3. The van der Waals surface area contributed by atoms with E-state index in [9.17, 15) is 5.26 Å². The lowest BCUT2D eigenvalue weighted by molar-refractivity contribution is 1.06. The lowest BCUT2D eigenvalue weighted by atomic mass is 9.98. The Bertz CT molecular complexity index is 3780. The molecule has 0 saturated carbocycles. The molecule has 0 aliphatic rings. The maximum absolute atomic E-state index is 9.79. The minimum Gasteiger partial charge on any atom is -0.307 e. The van der Waals surface area contributed by atoms with Crippen LogP contribution in [0.4, 0.5) is 0 Å². The molecule has 0 unspecified atom stereocenters. The zero-order valence-electron chi connectivity index (χ0n) is 34.5. The molecular formula is C58H36N6. The van der Waals surface area contributed by atoms with Gasteiger partial charge in [-0.3, -0.25) is 14.5 Å². The molecule has 64 heavy (non-hydrogen) atoms. The maximum Gasteiger partial charge on any atom is 0.138 e. The highest BCUT2D eigenvalue weighted by Gasteiger charge is 2.21. The molecule has 5 aromatic heterocycles. The van der Waals surface area contributed by atoms with Crippen LogP contribution in [0.2, 0.25) is 0 Å². The summed E-state index contributed by atoms with van der Waals surface area (Å²) in [6, 6.07) is 71.9. The van der Waals surface area contributed by atoms with Crippen molar-refractivity contribution in [1.29, 1.82) is 5.26 Å². The Balaban J connectivity index is 1.06. The van der Waals surface area contributed by atoms with Crippen molar-refractivity contribution in [3.8, 4) is 73.5 Å². The number of rotatable bonds is 7. The van der Waals surface area contributed by atoms with Crippen molar-refractivity contribution in [3.05, 3.63) is 224 Å². The van der Waals surface area contributed by atoms with Crippen LogP contribution in [0.15, 0.2) is 219 Å². The molecule has 5 heterocycles. The second kappa shape index (κ2) is 15.2. The first-order valence-electron chi connectivity index (χ1n) is 21.3. The van der Waals surface area contributed by atoms with Crippen LogP contribution in [0.3, 0.4) is 0 Å². The van der Waals surface area contributed by atoms with E-state index in [-0.39, 0.29) is 0 Å². The summed E-state index contributed by atoms with van der Waals surface area (Å²) < 4.78 is 4.60. The van der Waals surface area contributed by atoms with Crippen molar-refractivity contribution < 1.29 is 0 Å². The highest BCUT2D eigenvalue weighted by atomic mass is 15.1. The number of fused-ring (bicyclic) bond motifs is 6. The Morgan fingerprint density at radius 3 is 1.41 bits per heavy atom. The third-order valence-corrected chi connectivity index (χ3v) is 12.3. The SMILES string of the molecule is N#Cc1ccc(-c2cc(-n3c4ccccc4c4cc(-c5cccnc5-c5ccccc5)ccc43)ncc2-n2c3ccccc3c3cc(-c4cccnc4-c4ccccc4)ccc32)cc1. The first-order chi connectivity index (χ1) is 31.7. The van der Waals surface area contributed by atoms with Crippen LogP contribution in [0.5, 0.6) is 0 Å². The lowest BCUT2D eigenvalue weighted by Crippen LogP contribution is -2.03. The smallest absolute Gasteiger partial charge is 0.138 e. The van der Waals surface area contributed by atoms with Crippen molar-refractivity contribution in [2.45, 2.75) is 0 Å². The minimum atomic E-state index is 0.608. The van der Waals surface area contributed by atoms with Gasteiger partial charge in [-0.05, 0) is 83.4 Å². The van der Waals surface area contributed by atoms with Crippen LogP contribution >= 0.6 is 0 Å². The number of nitriles is 1. The molecule has 6 heteroatoms. The van der Waals surface area contributed by atoms with Crippen molar-refractivity contribution in [2.75, 3.05) is 0 Å². The van der Waals surface area contributed by atoms with Gasteiger partial charge in [0, 0.05) is 61.8 Å². The van der Waals surface area contributed by atoms with Crippen molar-refractivity contribution in [2.24, 2.45) is 0 Å². The van der Waals surface area contributed by atoms with E-state index in [1.165, 1.54) is 0 Å². The highest BCUT2D eigenvalue weighted by Crippen LogP contribution is 2.42. The molecule has 0 fully saturated rings. The van der Waals surface area contributed by atoms with Gasteiger partial charge in [0.05, 0.1) is 57.0 Å². The molecule has 6 nitrogen and oxygen atoms in total. The van der Waals surface area contributed by atoms with Crippen molar-refractivity contribution >= 4 is 43.6 Å². The van der Waals surface area contributed by atoms with Gasteiger partial charge < -0.3 is 4.57 Å². The standard InChI is InChI=1S/C58H36N6/c59-36-38-23-25-39(26-24-38)48-35-56(64-52-22-10-8-18-47(52)50-34-43(28-30-54(50)64)45-20-12-32-61-58(45)41-15-5-2-6-16-41)62-37-55(48)63-51-21-9-7-17-46(51)49-33-42(27-29-53(49)63)44-19-11-31-60-57(44)40-13-3-1-4-14-40/h1-35,37H. The van der Waals surface area contributed by atoms with Crippen LogP contribution in [-0.2, 0) is 0 Å². The van der Waals surface area contributed by atoms with Crippen LogP contribution in [0.1, 0.15) is 5.56 Å². The van der Waals surface area contributed by atoms with E-state index in [4.69, 9.17) is 15.0 Å². The predicted octanol–water partition coefficient (Wildman–Crippen LogP) is 14.3. The second-order valence-electron chi connectivity index (χ2n) is 15.9. The molecule has 12 rings (SSSR count). The molecule has 0 N–H and O–H groups in total. The van der Waals surface area contributed by atoms with Crippen LogP contribution < -0.4 is 0 Å². The van der Waals surface area contributed by atoms with Crippen LogP contribution in [-0.4, -0.2) is 24.1 Å². The minimum absolute atomic E-state index is 0.608. The Hall–Kier alpha value is -8.92. The summed E-state index contributed by atoms with van der Waals surface area (Å²) in [6.07, 6.45) is 5.73. The number of nitrogens with zero attached hydrogens (tertiary/aromatic N) is 6. The Kier molecular flexibility index (Phi) is 8.77. The fourth-order valence-electron chi connectivity index (χ4n) is 9.41. The van der Waals surface area contributed by atoms with E-state index >= 15 is 0 Å². The molecule has 0 radical (unpaired) electrons. The summed E-state index contributed by atoms with van der Waals surface area (Å²) in [5.41, 5.74) is 16.2. The number of hydrogen-bond donors (Lipinski definition) is 0. The predicted molar refractivity (Wildman–Crippen MR) is 260 cm³/mol. The number of pyridine rings is 3. The van der Waals surface area contributed by atoms with Gasteiger partial charge in [-0.25, -0.2) is 4.98 Å². The van der Waals surface area contributed by atoms with Gasteiger partial charge in [0.1, 0.15) is 5.82 Å². The van der Waals surface area contributed by atoms with E-state index in [0.717, 1.165) is 111 Å². The molecule has 298 valence electrons. The molecular weight excluding hydrogens is 781 g/mol. The summed E-state index contributed by atoms with van der Waals surface area (Å²) in [7, 11) is 0. The summed E-state index contributed by atoms with van der Waals surface area (Å²) >= 11 is 0. The molecule has 0 bridgehead atoms. The zero-order valence-corrected chi connectivity index (χ0v) is 34.5. The highest BCUT2D eigenvalue weighted by molar-refractivity contribution is 6.12. The quantitative estimate of drug-likeness (QED) is 0.161. The Morgan fingerprint density at radius 2 is 0.844 bits per heavy atom. The number of aromatic nitrogens is 5. The molecule has 7 aromatic carbocycles. The van der Waals surface area contributed by atoms with Gasteiger partial charge in [-0.2, -0.15) is 5.26 Å². The van der Waals surface area contributed by atoms with E-state index < -0.39 is 0 Å². The van der Waals surface area contributed by atoms with E-state index in [1.807, 2.05) is 67.1 Å². The van der Waals surface area contributed by atoms with Gasteiger partial charge in [-0.1, -0.05) is 133 Å². The van der Waals surface area contributed by atoms with Crippen molar-refractivity contribution in [3.63, 3.8) is 0 Å². The number of hydrogen-bond acceptors (Lipinski definition) is 4. The van der Waals surface area contributed by atoms with Gasteiger partial charge in [-0.15, -0.1) is 0 Å². The van der Waals surface area contributed by atoms with E-state index in [2.05, 4.69) is 167 Å². The number of para-hydroxylation sites is 2. The lowest BCUT2D eigenvalue weighted by Gasteiger charge is -2.17. The van der Waals surface area contributed by atoms with Crippen LogP contribution in [0.25, 0.3) is 111 Å². The average Bonchev–Trinajstić information content (AvgIpc) is 3.89. The first kappa shape index (κ1) is 36.9. The summed E-state index contributed by atoms with van der Waals surface area (Å²) in [4.78, 5) is 15.0. The fraction of sp³-hybridized carbons (Fsp3) is 0.